The number of nitrogens with one attached hydrogen (secondary N) is 7. The number of thioether (sulfide) groups is 1. The van der Waals surface area contributed by atoms with Crippen molar-refractivity contribution in [3.05, 3.63) is 0 Å². The van der Waals surface area contributed by atoms with Crippen molar-refractivity contribution in [1.29, 1.82) is 5.41 Å². The maximum absolute atomic E-state index is 13.6. The van der Waals surface area contributed by atoms with Crippen molar-refractivity contribution in [2.24, 2.45) is 22.9 Å². The number of carboxylic acid groups (broad SMARTS) is 1. The standard InChI is InChI=1S/C32H56N12O11S/c1-16(45)25(29(52)42-20(31(54)55)5-3-12-38-32(36)37)43-27(50)18(11-14-56-2)40-24(48)15-39-28(51)21-6-4-13-44(21)30(53)19(8-10-23(35)47)41-26(49)17(33)7-9-22(34)46/h16-21,25,45H,3-15,33H2,1-2H3,(H2,34,46)(H2,35,47)(H,39,51)(H,40,48)(H,41,49)(H,42,52)(H,43,50)(H,54,55)(H4,36,37,38)/t16-,17+,18+,19+,20+,21+,25+/m1/s1. The Morgan fingerprint density at radius 1 is 0.821 bits per heavy atom. The lowest BCUT2D eigenvalue weighted by atomic mass is 10.1. The maximum Gasteiger partial charge on any atom is 0.326 e. The maximum atomic E-state index is 13.6. The fourth-order valence-corrected chi connectivity index (χ4v) is 5.97. The van der Waals surface area contributed by atoms with Crippen molar-refractivity contribution < 1.29 is 53.4 Å². The van der Waals surface area contributed by atoms with E-state index in [1.54, 1.807) is 6.26 Å². The zero-order valence-electron chi connectivity index (χ0n) is 31.5. The van der Waals surface area contributed by atoms with Crippen molar-refractivity contribution in [3.63, 3.8) is 0 Å². The second-order valence-electron chi connectivity index (χ2n) is 13.1. The van der Waals surface area contributed by atoms with Crippen LogP contribution in [0.1, 0.15) is 64.7 Å². The van der Waals surface area contributed by atoms with Crippen molar-refractivity contribution in [2.75, 3.05) is 31.6 Å². The molecule has 0 aromatic rings. The number of aliphatic hydroxyl groups excluding tert-OH is 1. The van der Waals surface area contributed by atoms with E-state index >= 15 is 0 Å². The summed E-state index contributed by atoms with van der Waals surface area (Å²) in [6, 6.07) is -7.80. The van der Waals surface area contributed by atoms with Gasteiger partial charge in [-0.1, -0.05) is 0 Å². The molecular weight excluding hydrogens is 760 g/mol. The monoisotopic (exact) mass is 816 g/mol. The van der Waals surface area contributed by atoms with Gasteiger partial charge in [0.15, 0.2) is 5.96 Å². The number of hydrogen-bond donors (Lipinski definition) is 13. The molecule has 24 heteroatoms. The summed E-state index contributed by atoms with van der Waals surface area (Å²) in [4.78, 5) is 114. The minimum Gasteiger partial charge on any atom is -0.480 e. The van der Waals surface area contributed by atoms with Crippen LogP contribution in [0.2, 0.25) is 0 Å². The Morgan fingerprint density at radius 2 is 1.45 bits per heavy atom. The minimum absolute atomic E-state index is 0.0619. The van der Waals surface area contributed by atoms with Crippen LogP contribution in [-0.2, 0) is 43.2 Å². The van der Waals surface area contributed by atoms with Crippen LogP contribution in [0.3, 0.4) is 0 Å². The van der Waals surface area contributed by atoms with Crippen molar-refractivity contribution in [2.45, 2.75) is 107 Å². The van der Waals surface area contributed by atoms with E-state index in [9.17, 15) is 53.4 Å². The Hall–Kier alpha value is -5.23. The Labute approximate surface area is 327 Å². The smallest absolute Gasteiger partial charge is 0.326 e. The van der Waals surface area contributed by atoms with Gasteiger partial charge in [-0.25, -0.2) is 4.79 Å². The second-order valence-corrected chi connectivity index (χ2v) is 14.1. The molecule has 0 aromatic heterocycles. The van der Waals surface area contributed by atoms with E-state index in [0.717, 1.165) is 0 Å². The first kappa shape index (κ1) is 48.8. The Bertz CT molecular complexity index is 1440. The van der Waals surface area contributed by atoms with Gasteiger partial charge in [-0.15, -0.1) is 0 Å². The third-order valence-corrected chi connectivity index (χ3v) is 9.16. The topological polar surface area (TPSA) is 397 Å². The van der Waals surface area contributed by atoms with Gasteiger partial charge in [0.05, 0.1) is 18.7 Å². The van der Waals surface area contributed by atoms with E-state index in [2.05, 4.69) is 31.9 Å². The number of aliphatic hydroxyl groups is 1. The average molecular weight is 817 g/mol. The third kappa shape index (κ3) is 17.9. The van der Waals surface area contributed by atoms with Crippen molar-refractivity contribution >= 4 is 70.9 Å². The highest BCUT2D eigenvalue weighted by Gasteiger charge is 2.38. The van der Waals surface area contributed by atoms with Gasteiger partial charge < -0.3 is 69.9 Å². The highest BCUT2D eigenvalue weighted by Crippen LogP contribution is 2.20. The van der Waals surface area contributed by atoms with E-state index in [0.29, 0.717) is 12.2 Å². The first-order chi connectivity index (χ1) is 26.3. The molecule has 0 bridgehead atoms. The van der Waals surface area contributed by atoms with Gasteiger partial charge in [-0.05, 0) is 63.9 Å². The Kier molecular flexibility index (Phi) is 21.8. The molecule has 0 aromatic carbocycles. The predicted molar refractivity (Wildman–Crippen MR) is 202 cm³/mol. The van der Waals surface area contributed by atoms with Gasteiger partial charge in [0.1, 0.15) is 30.2 Å². The first-order valence-electron chi connectivity index (χ1n) is 17.9. The van der Waals surface area contributed by atoms with Gasteiger partial charge in [0.2, 0.25) is 47.3 Å². The molecule has 23 nitrogen and oxygen atoms in total. The highest BCUT2D eigenvalue weighted by molar-refractivity contribution is 7.98. The molecule has 8 amide bonds. The molecule has 1 saturated heterocycles. The van der Waals surface area contributed by atoms with Gasteiger partial charge >= 0.3 is 5.97 Å². The van der Waals surface area contributed by atoms with Gasteiger partial charge in [-0.2, -0.15) is 11.8 Å². The molecule has 316 valence electrons. The number of aliphatic carboxylic acids is 1. The summed E-state index contributed by atoms with van der Waals surface area (Å²) < 4.78 is 0. The van der Waals surface area contributed by atoms with Crippen molar-refractivity contribution in [3.8, 4) is 0 Å². The van der Waals surface area contributed by atoms with Crippen molar-refractivity contribution in [1.82, 2.24) is 36.8 Å². The number of likely N-dealkylation sites (tertiary alicyclic amines) is 1. The summed E-state index contributed by atoms with van der Waals surface area (Å²) in [5, 5.41) is 41.5. The van der Waals surface area contributed by atoms with E-state index in [4.69, 9.17) is 28.3 Å². The Balaban J connectivity index is 2.96. The number of rotatable bonds is 26. The molecule has 1 fully saturated rings. The van der Waals surface area contributed by atoms with Crippen LogP contribution in [0, 0.1) is 5.41 Å². The molecule has 1 aliphatic heterocycles. The Morgan fingerprint density at radius 3 is 2.02 bits per heavy atom. The van der Waals surface area contributed by atoms with Crippen LogP contribution in [0.25, 0.3) is 0 Å². The number of carboxylic acids is 1. The number of carbonyl (C=O) groups excluding carboxylic acids is 8. The van der Waals surface area contributed by atoms with E-state index < -0.39 is 102 Å². The molecule has 0 saturated carbocycles. The predicted octanol–water partition coefficient (Wildman–Crippen LogP) is -5.63. The van der Waals surface area contributed by atoms with E-state index in [1.807, 2.05) is 0 Å². The van der Waals surface area contributed by atoms with Gasteiger partial charge in [0, 0.05) is 25.9 Å². The number of nitrogens with zero attached hydrogens (tertiary/aromatic N) is 1. The summed E-state index contributed by atoms with van der Waals surface area (Å²) in [5.41, 5.74) is 21.4. The molecule has 0 unspecified atom stereocenters. The molecule has 0 spiro atoms. The second kappa shape index (κ2) is 25.0. The lowest BCUT2D eigenvalue weighted by molar-refractivity contribution is -0.143. The zero-order chi connectivity index (χ0) is 42.5. The van der Waals surface area contributed by atoms with Crippen LogP contribution < -0.4 is 54.8 Å². The summed E-state index contributed by atoms with van der Waals surface area (Å²) >= 11 is 1.35. The molecular formula is C32H56N12O11S. The molecule has 0 radical (unpaired) electrons. The van der Waals surface area contributed by atoms with Crippen LogP contribution in [0.15, 0.2) is 0 Å². The van der Waals surface area contributed by atoms with Gasteiger partial charge in [0.25, 0.3) is 0 Å². The molecule has 7 atom stereocenters. The normalized spacial score (nSPS) is 16.8. The molecule has 1 aliphatic rings. The third-order valence-electron chi connectivity index (χ3n) is 8.52. The summed E-state index contributed by atoms with van der Waals surface area (Å²) in [5.74, 6) is -7.63. The van der Waals surface area contributed by atoms with Crippen LogP contribution in [0.5, 0.6) is 0 Å². The SMILES string of the molecule is CSCC[C@H](NC(=O)CNC(=O)[C@@H]1CCCN1C(=O)[C@H](CCC(N)=O)NC(=O)[C@@H](N)CCC(N)=O)C(=O)N[C@H](C(=O)N[C@@H](CCCNC(=N)N)C(=O)O)[C@@H](C)O. The molecule has 56 heavy (non-hydrogen) atoms. The number of amides is 8. The number of hydrogen-bond acceptors (Lipinski definition) is 13. The highest BCUT2D eigenvalue weighted by atomic mass is 32.2. The van der Waals surface area contributed by atoms with Crippen LogP contribution in [0.4, 0.5) is 0 Å². The minimum atomic E-state index is -1.61. The van der Waals surface area contributed by atoms with Gasteiger partial charge in [-0.3, -0.25) is 43.8 Å². The van der Waals surface area contributed by atoms with E-state index in [-0.39, 0.29) is 70.4 Å². The number of nitrogens with two attached hydrogens (primary N) is 4. The lowest BCUT2D eigenvalue weighted by Gasteiger charge is -2.29. The number of guanidine groups is 1. The average Bonchev–Trinajstić information content (AvgIpc) is 3.62. The molecule has 17 N–H and O–H groups in total. The number of primary amides is 2. The number of carbonyl (C=O) groups is 9. The summed E-state index contributed by atoms with van der Waals surface area (Å²) in [6.07, 6.45) is 0.313. The molecule has 1 heterocycles. The molecule has 1 rings (SSSR count). The lowest BCUT2D eigenvalue weighted by Crippen LogP contribution is -2.59. The quantitative estimate of drug-likeness (QED) is 0.0220. The zero-order valence-corrected chi connectivity index (χ0v) is 32.3. The first-order valence-corrected chi connectivity index (χ1v) is 19.3. The summed E-state index contributed by atoms with van der Waals surface area (Å²) in [7, 11) is 0. The summed E-state index contributed by atoms with van der Waals surface area (Å²) in [6.45, 7) is 0.847. The van der Waals surface area contributed by atoms with E-state index in [1.165, 1.54) is 23.6 Å². The molecule has 0 aliphatic carbocycles. The largest absolute Gasteiger partial charge is 0.480 e. The fraction of sp³-hybridized carbons (Fsp3) is 0.688. The van der Waals surface area contributed by atoms with Crippen LogP contribution >= 0.6 is 11.8 Å². The van der Waals surface area contributed by atoms with Crippen LogP contribution in [-0.4, -0.2) is 148 Å². The fourth-order valence-electron chi connectivity index (χ4n) is 5.50.